The van der Waals surface area contributed by atoms with Crippen LogP contribution < -0.4 is 10.1 Å². The van der Waals surface area contributed by atoms with E-state index in [0.29, 0.717) is 5.69 Å². The van der Waals surface area contributed by atoms with Gasteiger partial charge in [-0.2, -0.15) is 5.10 Å². The largest absolute Gasteiger partial charge is 0.573 e. The number of alkyl halides is 3. The first-order valence-corrected chi connectivity index (χ1v) is 8.02. The lowest BCUT2D eigenvalue weighted by atomic mass is 10.1. The number of hydrogen-bond donors (Lipinski definition) is 1. The standard InChI is InChI=1S/C17H13BrF3N3O/c1-24-10-15(18)16(23-24)11-3-2-4-13(9-11)22-12-5-7-14(8-6-12)25-17(19,20)21/h2-10,22H,1H3. The minimum Gasteiger partial charge on any atom is -0.406 e. The van der Waals surface area contributed by atoms with Gasteiger partial charge >= 0.3 is 6.36 Å². The molecule has 0 amide bonds. The van der Waals surface area contributed by atoms with Gasteiger partial charge in [0.05, 0.1) is 4.47 Å². The van der Waals surface area contributed by atoms with Crippen LogP contribution in [0, 0.1) is 0 Å². The zero-order valence-corrected chi connectivity index (χ0v) is 14.6. The third-order valence-electron chi connectivity index (χ3n) is 3.30. The number of nitrogens with zero attached hydrogens (tertiary/aromatic N) is 2. The van der Waals surface area contributed by atoms with E-state index in [1.165, 1.54) is 24.3 Å². The van der Waals surface area contributed by atoms with E-state index in [1.54, 1.807) is 4.68 Å². The highest BCUT2D eigenvalue weighted by atomic mass is 79.9. The molecule has 0 saturated carbocycles. The van der Waals surface area contributed by atoms with Gasteiger partial charge in [0.2, 0.25) is 0 Å². The molecule has 0 aliphatic heterocycles. The summed E-state index contributed by atoms with van der Waals surface area (Å²) in [5.41, 5.74) is 3.15. The van der Waals surface area contributed by atoms with Crippen LogP contribution in [-0.2, 0) is 7.05 Å². The second kappa shape index (κ2) is 6.79. The lowest BCUT2D eigenvalue weighted by Gasteiger charge is -2.11. The Labute approximate surface area is 150 Å². The minimum atomic E-state index is -4.70. The predicted molar refractivity (Wildman–Crippen MR) is 92.8 cm³/mol. The van der Waals surface area contributed by atoms with Crippen molar-refractivity contribution in [3.05, 3.63) is 59.2 Å². The molecule has 1 aromatic heterocycles. The van der Waals surface area contributed by atoms with Gasteiger partial charge in [0.15, 0.2) is 0 Å². The normalized spacial score (nSPS) is 11.4. The summed E-state index contributed by atoms with van der Waals surface area (Å²) in [6.45, 7) is 0. The fraction of sp³-hybridized carbons (Fsp3) is 0.118. The summed E-state index contributed by atoms with van der Waals surface area (Å²) in [4.78, 5) is 0. The molecule has 8 heteroatoms. The molecule has 1 heterocycles. The van der Waals surface area contributed by atoms with Gasteiger partial charge in [-0.3, -0.25) is 4.68 Å². The SMILES string of the molecule is Cn1cc(Br)c(-c2cccc(Nc3ccc(OC(F)(F)F)cc3)c2)n1. The first-order valence-electron chi connectivity index (χ1n) is 7.22. The van der Waals surface area contributed by atoms with Gasteiger partial charge in [-0.05, 0) is 52.3 Å². The third-order valence-corrected chi connectivity index (χ3v) is 3.88. The Bertz CT molecular complexity index is 876. The van der Waals surface area contributed by atoms with Crippen molar-refractivity contribution in [1.82, 2.24) is 9.78 Å². The van der Waals surface area contributed by atoms with Crippen molar-refractivity contribution in [2.75, 3.05) is 5.32 Å². The van der Waals surface area contributed by atoms with Gasteiger partial charge in [0.1, 0.15) is 11.4 Å². The van der Waals surface area contributed by atoms with Gasteiger partial charge in [-0.1, -0.05) is 12.1 Å². The fourth-order valence-corrected chi connectivity index (χ4v) is 2.91. The molecule has 0 unspecified atom stereocenters. The van der Waals surface area contributed by atoms with Crippen molar-refractivity contribution in [1.29, 1.82) is 0 Å². The average Bonchev–Trinajstić information content (AvgIpc) is 2.87. The van der Waals surface area contributed by atoms with Crippen molar-refractivity contribution in [2.45, 2.75) is 6.36 Å². The lowest BCUT2D eigenvalue weighted by Crippen LogP contribution is -2.16. The molecule has 0 spiro atoms. The molecule has 0 aliphatic rings. The minimum absolute atomic E-state index is 0.260. The molecule has 1 N–H and O–H groups in total. The van der Waals surface area contributed by atoms with Crippen LogP contribution in [0.3, 0.4) is 0 Å². The molecule has 25 heavy (non-hydrogen) atoms. The van der Waals surface area contributed by atoms with E-state index < -0.39 is 6.36 Å². The first kappa shape index (κ1) is 17.3. The van der Waals surface area contributed by atoms with Crippen molar-refractivity contribution in [2.24, 2.45) is 7.05 Å². The summed E-state index contributed by atoms with van der Waals surface area (Å²) in [7, 11) is 1.83. The molecular weight excluding hydrogens is 399 g/mol. The summed E-state index contributed by atoms with van der Waals surface area (Å²) < 4.78 is 43.0. The maximum atomic E-state index is 12.2. The number of anilines is 2. The van der Waals surface area contributed by atoms with E-state index in [9.17, 15) is 13.2 Å². The second-order valence-corrected chi connectivity index (χ2v) is 6.13. The van der Waals surface area contributed by atoms with E-state index >= 15 is 0 Å². The van der Waals surface area contributed by atoms with Crippen LogP contribution in [0.15, 0.2) is 59.2 Å². The molecule has 0 atom stereocenters. The topological polar surface area (TPSA) is 39.1 Å². The highest BCUT2D eigenvalue weighted by molar-refractivity contribution is 9.10. The highest BCUT2D eigenvalue weighted by Gasteiger charge is 2.30. The van der Waals surface area contributed by atoms with Crippen LogP contribution in [-0.4, -0.2) is 16.1 Å². The van der Waals surface area contributed by atoms with Crippen LogP contribution in [0.25, 0.3) is 11.3 Å². The zero-order chi connectivity index (χ0) is 18.0. The Morgan fingerprint density at radius 1 is 1.08 bits per heavy atom. The van der Waals surface area contributed by atoms with Crippen molar-refractivity contribution in [3.63, 3.8) is 0 Å². The Morgan fingerprint density at radius 3 is 2.40 bits per heavy atom. The van der Waals surface area contributed by atoms with E-state index in [-0.39, 0.29) is 5.75 Å². The predicted octanol–water partition coefficient (Wildman–Crippen LogP) is 5.49. The van der Waals surface area contributed by atoms with Crippen molar-refractivity contribution >= 4 is 27.3 Å². The molecule has 4 nitrogen and oxygen atoms in total. The van der Waals surface area contributed by atoms with Gasteiger partial charge in [-0.15, -0.1) is 13.2 Å². The summed E-state index contributed by atoms with van der Waals surface area (Å²) in [6, 6.07) is 13.1. The van der Waals surface area contributed by atoms with Gasteiger partial charge < -0.3 is 10.1 Å². The molecule has 0 bridgehead atoms. The van der Waals surface area contributed by atoms with E-state index in [1.807, 2.05) is 37.5 Å². The van der Waals surface area contributed by atoms with Crippen LogP contribution in [0.2, 0.25) is 0 Å². The summed E-state index contributed by atoms with van der Waals surface area (Å²) in [6.07, 6.45) is -2.84. The van der Waals surface area contributed by atoms with E-state index in [0.717, 1.165) is 21.4 Å². The number of ether oxygens (including phenoxy) is 1. The van der Waals surface area contributed by atoms with Crippen LogP contribution in [0.5, 0.6) is 5.75 Å². The van der Waals surface area contributed by atoms with Gasteiger partial charge in [0.25, 0.3) is 0 Å². The number of aromatic nitrogens is 2. The van der Waals surface area contributed by atoms with Crippen LogP contribution in [0.1, 0.15) is 0 Å². The molecule has 2 aromatic carbocycles. The molecule has 0 aliphatic carbocycles. The Morgan fingerprint density at radius 2 is 1.80 bits per heavy atom. The number of benzene rings is 2. The maximum absolute atomic E-state index is 12.2. The van der Waals surface area contributed by atoms with Crippen LogP contribution in [0.4, 0.5) is 24.5 Å². The number of aryl methyl sites for hydroxylation is 1. The summed E-state index contributed by atoms with van der Waals surface area (Å²) in [5, 5.41) is 7.54. The molecule has 3 rings (SSSR count). The first-order chi connectivity index (χ1) is 11.8. The summed E-state index contributed by atoms with van der Waals surface area (Å²) in [5.74, 6) is -0.260. The maximum Gasteiger partial charge on any atom is 0.573 e. The third kappa shape index (κ3) is 4.54. The average molecular weight is 412 g/mol. The van der Waals surface area contributed by atoms with Crippen molar-refractivity contribution < 1.29 is 17.9 Å². The number of hydrogen-bond acceptors (Lipinski definition) is 3. The Balaban J connectivity index is 1.77. The number of nitrogens with one attached hydrogen (secondary N) is 1. The molecule has 0 radical (unpaired) electrons. The molecule has 0 saturated heterocycles. The lowest BCUT2D eigenvalue weighted by molar-refractivity contribution is -0.274. The fourth-order valence-electron chi connectivity index (χ4n) is 2.31. The van der Waals surface area contributed by atoms with Gasteiger partial charge in [0, 0.05) is 30.2 Å². The molecule has 0 fully saturated rings. The molecule has 3 aromatic rings. The Kier molecular flexibility index (Phi) is 4.71. The number of halogens is 4. The smallest absolute Gasteiger partial charge is 0.406 e. The Hall–Kier alpha value is -2.48. The summed E-state index contributed by atoms with van der Waals surface area (Å²) >= 11 is 3.47. The zero-order valence-electron chi connectivity index (χ0n) is 13.0. The quantitative estimate of drug-likeness (QED) is 0.616. The van der Waals surface area contributed by atoms with E-state index in [4.69, 9.17) is 0 Å². The van der Waals surface area contributed by atoms with Crippen LogP contribution >= 0.6 is 15.9 Å². The monoisotopic (exact) mass is 411 g/mol. The van der Waals surface area contributed by atoms with Crippen molar-refractivity contribution in [3.8, 4) is 17.0 Å². The second-order valence-electron chi connectivity index (χ2n) is 5.28. The van der Waals surface area contributed by atoms with Gasteiger partial charge in [-0.25, -0.2) is 0 Å². The highest BCUT2D eigenvalue weighted by Crippen LogP contribution is 2.30. The molecular formula is C17H13BrF3N3O. The molecule has 130 valence electrons. The number of rotatable bonds is 4. The van der Waals surface area contributed by atoms with E-state index in [2.05, 4.69) is 31.1 Å².